The van der Waals surface area contributed by atoms with Gasteiger partial charge in [-0.3, -0.25) is 9.88 Å². The number of hydrogen-bond donors (Lipinski definition) is 0. The summed E-state index contributed by atoms with van der Waals surface area (Å²) in [5.74, 6) is 0.499. The monoisotopic (exact) mass is 247 g/mol. The highest BCUT2D eigenvalue weighted by Gasteiger charge is 2.19. The zero-order valence-corrected chi connectivity index (χ0v) is 11.0. The lowest BCUT2D eigenvalue weighted by atomic mass is 9.97. The van der Waals surface area contributed by atoms with Crippen LogP contribution in [0.15, 0.2) is 23.5 Å². The summed E-state index contributed by atoms with van der Waals surface area (Å²) >= 11 is 0. The minimum Gasteiger partial charge on any atom is -0.299 e. The van der Waals surface area contributed by atoms with Gasteiger partial charge >= 0.3 is 0 Å². The van der Waals surface area contributed by atoms with E-state index in [1.807, 2.05) is 6.20 Å². The summed E-state index contributed by atoms with van der Waals surface area (Å²) < 4.78 is 0. The average molecular weight is 247 g/mol. The number of nitroso groups, excluding NO2 is 1. The molecule has 1 aromatic heterocycles. The quantitative estimate of drug-likeness (QED) is 0.751. The van der Waals surface area contributed by atoms with Crippen molar-refractivity contribution in [2.45, 2.75) is 32.7 Å². The number of pyridine rings is 1. The third-order valence-corrected chi connectivity index (χ3v) is 3.69. The van der Waals surface area contributed by atoms with E-state index in [1.54, 1.807) is 0 Å². The first-order valence-corrected chi connectivity index (χ1v) is 6.77. The molecule has 0 unspecified atom stereocenters. The maximum Gasteiger partial charge on any atom is 0.0840 e. The minimum atomic E-state index is 0.487. The van der Waals surface area contributed by atoms with Crippen molar-refractivity contribution in [3.8, 4) is 0 Å². The molecule has 1 aliphatic heterocycles. The fraction of sp³-hybridized carbons (Fsp3) is 0.643. The first-order valence-electron chi connectivity index (χ1n) is 6.77. The molecule has 0 bridgehead atoms. The molecule has 1 saturated heterocycles. The summed E-state index contributed by atoms with van der Waals surface area (Å²) in [6.45, 7) is 5.71. The molecule has 0 spiro atoms. The highest BCUT2D eigenvalue weighted by atomic mass is 16.3. The van der Waals surface area contributed by atoms with Crippen molar-refractivity contribution in [2.24, 2.45) is 11.1 Å². The van der Waals surface area contributed by atoms with Crippen LogP contribution in [-0.2, 0) is 13.0 Å². The zero-order chi connectivity index (χ0) is 12.8. The van der Waals surface area contributed by atoms with Crippen LogP contribution in [0.5, 0.6) is 0 Å². The van der Waals surface area contributed by atoms with Gasteiger partial charge in [0.25, 0.3) is 0 Å². The number of rotatable bonds is 5. The Kier molecular flexibility index (Phi) is 4.81. The Bertz CT molecular complexity index is 369. The molecule has 1 fully saturated rings. The molecule has 2 rings (SSSR count). The van der Waals surface area contributed by atoms with Crippen molar-refractivity contribution in [2.75, 3.05) is 19.6 Å². The summed E-state index contributed by atoms with van der Waals surface area (Å²) in [6, 6.07) is 4.28. The third-order valence-electron chi connectivity index (χ3n) is 3.69. The van der Waals surface area contributed by atoms with Crippen LogP contribution in [0.25, 0.3) is 0 Å². The van der Waals surface area contributed by atoms with Gasteiger partial charge in [0.1, 0.15) is 0 Å². The van der Waals surface area contributed by atoms with Crippen molar-refractivity contribution in [1.82, 2.24) is 9.88 Å². The molecule has 4 nitrogen and oxygen atoms in total. The standard InChI is InChI=1S/C14H21N3O/c1-2-14-4-3-13(9-15-14)11-17-7-5-12(6-8-17)10-16-18/h3-4,9,12H,2,5-8,10-11H2,1H3. The largest absolute Gasteiger partial charge is 0.299 e. The SMILES string of the molecule is CCc1ccc(CN2CCC(CN=O)CC2)cn1. The molecule has 0 aliphatic carbocycles. The summed E-state index contributed by atoms with van der Waals surface area (Å²) in [7, 11) is 0. The van der Waals surface area contributed by atoms with Crippen LogP contribution in [0, 0.1) is 10.8 Å². The molecule has 4 heteroatoms. The number of piperidine rings is 1. The van der Waals surface area contributed by atoms with Crippen molar-refractivity contribution in [1.29, 1.82) is 0 Å². The summed E-state index contributed by atoms with van der Waals surface area (Å²) in [4.78, 5) is 17.1. The molecule has 2 heterocycles. The number of hydrogen-bond acceptors (Lipinski definition) is 4. The average Bonchev–Trinajstić information content (AvgIpc) is 2.42. The van der Waals surface area contributed by atoms with Crippen LogP contribution in [0.3, 0.4) is 0 Å². The van der Waals surface area contributed by atoms with Gasteiger partial charge in [0, 0.05) is 18.4 Å². The van der Waals surface area contributed by atoms with Gasteiger partial charge in [-0.25, -0.2) is 0 Å². The van der Waals surface area contributed by atoms with E-state index in [0.29, 0.717) is 12.5 Å². The van der Waals surface area contributed by atoms with E-state index >= 15 is 0 Å². The molecule has 0 aromatic carbocycles. The Hall–Kier alpha value is -1.29. The third kappa shape index (κ3) is 3.60. The molecule has 18 heavy (non-hydrogen) atoms. The lowest BCUT2D eigenvalue weighted by molar-refractivity contribution is 0.180. The van der Waals surface area contributed by atoms with E-state index in [9.17, 15) is 4.91 Å². The second-order valence-corrected chi connectivity index (χ2v) is 5.04. The molecule has 0 amide bonds. The Balaban J connectivity index is 1.81. The van der Waals surface area contributed by atoms with E-state index in [4.69, 9.17) is 0 Å². The molecule has 0 radical (unpaired) electrons. The normalized spacial score (nSPS) is 17.8. The molecule has 0 N–H and O–H groups in total. The summed E-state index contributed by atoms with van der Waals surface area (Å²) in [6.07, 6.45) is 5.15. The molecular formula is C14H21N3O. The molecule has 1 aromatic rings. The highest BCUT2D eigenvalue weighted by Crippen LogP contribution is 2.19. The molecule has 0 atom stereocenters. The van der Waals surface area contributed by atoms with Gasteiger partial charge in [0.15, 0.2) is 0 Å². The number of nitrogens with zero attached hydrogens (tertiary/aromatic N) is 3. The lowest BCUT2D eigenvalue weighted by Gasteiger charge is -2.30. The maximum absolute atomic E-state index is 10.2. The lowest BCUT2D eigenvalue weighted by Crippen LogP contribution is -2.34. The van der Waals surface area contributed by atoms with Crippen molar-refractivity contribution >= 4 is 0 Å². The summed E-state index contributed by atoms with van der Waals surface area (Å²) in [5.41, 5.74) is 2.42. The van der Waals surface area contributed by atoms with Crippen LogP contribution in [0.1, 0.15) is 31.0 Å². The van der Waals surface area contributed by atoms with E-state index < -0.39 is 0 Å². The van der Waals surface area contributed by atoms with E-state index in [-0.39, 0.29) is 0 Å². The first kappa shape index (κ1) is 13.1. The molecule has 98 valence electrons. The predicted molar refractivity (Wildman–Crippen MR) is 72.3 cm³/mol. The van der Waals surface area contributed by atoms with Gasteiger partial charge in [-0.2, -0.15) is 4.91 Å². The Morgan fingerprint density at radius 3 is 2.72 bits per heavy atom. The number of aryl methyl sites for hydroxylation is 1. The van der Waals surface area contributed by atoms with Crippen LogP contribution in [-0.4, -0.2) is 29.5 Å². The summed E-state index contributed by atoms with van der Waals surface area (Å²) in [5, 5.41) is 3.01. The predicted octanol–water partition coefficient (Wildman–Crippen LogP) is 2.62. The van der Waals surface area contributed by atoms with E-state index in [0.717, 1.165) is 44.6 Å². The van der Waals surface area contributed by atoms with Crippen LogP contribution in [0.2, 0.25) is 0 Å². The van der Waals surface area contributed by atoms with Crippen molar-refractivity contribution in [3.05, 3.63) is 34.5 Å². The smallest absolute Gasteiger partial charge is 0.0840 e. The van der Waals surface area contributed by atoms with E-state index in [2.05, 4.69) is 34.1 Å². The highest BCUT2D eigenvalue weighted by molar-refractivity contribution is 5.14. The van der Waals surface area contributed by atoms with E-state index in [1.165, 1.54) is 5.56 Å². The van der Waals surface area contributed by atoms with Crippen LogP contribution >= 0.6 is 0 Å². The van der Waals surface area contributed by atoms with Gasteiger partial charge < -0.3 is 0 Å². The van der Waals surface area contributed by atoms with Gasteiger partial charge in [0.2, 0.25) is 0 Å². The van der Waals surface area contributed by atoms with Crippen molar-refractivity contribution < 1.29 is 0 Å². The van der Waals surface area contributed by atoms with Gasteiger partial charge in [0.05, 0.1) is 6.54 Å². The second-order valence-electron chi connectivity index (χ2n) is 5.04. The van der Waals surface area contributed by atoms with Crippen molar-refractivity contribution in [3.63, 3.8) is 0 Å². The Morgan fingerprint density at radius 2 is 2.17 bits per heavy atom. The number of aromatic nitrogens is 1. The van der Waals surface area contributed by atoms with Gasteiger partial charge in [-0.05, 0) is 49.9 Å². The van der Waals surface area contributed by atoms with Crippen LogP contribution < -0.4 is 0 Å². The zero-order valence-electron chi connectivity index (χ0n) is 11.0. The maximum atomic E-state index is 10.2. The minimum absolute atomic E-state index is 0.487. The fourth-order valence-corrected chi connectivity index (χ4v) is 2.45. The Morgan fingerprint density at radius 1 is 1.39 bits per heavy atom. The fourth-order valence-electron chi connectivity index (χ4n) is 2.45. The molecule has 0 saturated carbocycles. The Labute approximate surface area is 108 Å². The van der Waals surface area contributed by atoms with Gasteiger partial charge in [-0.15, -0.1) is 0 Å². The van der Waals surface area contributed by atoms with Crippen LogP contribution in [0.4, 0.5) is 0 Å². The first-order chi connectivity index (χ1) is 8.81. The second kappa shape index (κ2) is 6.59. The number of likely N-dealkylation sites (tertiary alicyclic amines) is 1. The molecule has 1 aliphatic rings. The molecular weight excluding hydrogens is 226 g/mol. The topological polar surface area (TPSA) is 45.6 Å². The van der Waals surface area contributed by atoms with Gasteiger partial charge in [-0.1, -0.05) is 18.2 Å².